The van der Waals surface area contributed by atoms with Gasteiger partial charge in [-0.15, -0.1) is 24.0 Å². The van der Waals surface area contributed by atoms with Crippen molar-refractivity contribution in [2.45, 2.75) is 19.3 Å². The van der Waals surface area contributed by atoms with Gasteiger partial charge in [0.2, 0.25) is 0 Å². The molecule has 7 heteroatoms. The first-order valence-electron chi connectivity index (χ1n) is 7.79. The second kappa shape index (κ2) is 8.82. The number of nitrogens with one attached hydrogen (secondary N) is 2. The summed E-state index contributed by atoms with van der Waals surface area (Å²) in [5.74, 6) is 3.09. The Labute approximate surface area is 159 Å². The van der Waals surface area contributed by atoms with Crippen molar-refractivity contribution in [3.05, 3.63) is 22.7 Å². The predicted molar refractivity (Wildman–Crippen MR) is 104 cm³/mol. The van der Waals surface area contributed by atoms with E-state index in [9.17, 15) is 0 Å². The van der Waals surface area contributed by atoms with Crippen molar-refractivity contribution in [2.24, 2.45) is 10.9 Å². The summed E-state index contributed by atoms with van der Waals surface area (Å²) in [6.45, 7) is 2.93. The molecule has 0 aromatic heterocycles. The molecule has 5 nitrogen and oxygen atoms in total. The number of hydrogen-bond donors (Lipinski definition) is 2. The summed E-state index contributed by atoms with van der Waals surface area (Å²) >= 11 is 6.25. The van der Waals surface area contributed by atoms with E-state index in [4.69, 9.17) is 21.1 Å². The van der Waals surface area contributed by atoms with Gasteiger partial charge in [0.05, 0.1) is 5.02 Å². The largest absolute Gasteiger partial charge is 0.486 e. The molecule has 0 radical (unpaired) electrons. The van der Waals surface area contributed by atoms with Gasteiger partial charge < -0.3 is 20.1 Å². The van der Waals surface area contributed by atoms with Gasteiger partial charge in [0.1, 0.15) is 13.2 Å². The van der Waals surface area contributed by atoms with Crippen LogP contribution in [0.25, 0.3) is 0 Å². The van der Waals surface area contributed by atoms with Crippen molar-refractivity contribution in [1.82, 2.24) is 10.6 Å². The Bertz CT molecular complexity index is 565. The van der Waals surface area contributed by atoms with E-state index in [1.54, 1.807) is 7.05 Å². The Hall–Kier alpha value is -0.890. The third kappa shape index (κ3) is 5.31. The van der Waals surface area contributed by atoms with E-state index in [1.165, 1.54) is 12.8 Å². The average Bonchev–Trinajstić information content (AvgIpc) is 3.35. The van der Waals surface area contributed by atoms with Crippen molar-refractivity contribution in [3.8, 4) is 11.5 Å². The molecule has 0 spiro atoms. The summed E-state index contributed by atoms with van der Waals surface area (Å²) < 4.78 is 11.1. The third-order valence-electron chi connectivity index (χ3n) is 3.84. The van der Waals surface area contributed by atoms with Crippen LogP contribution in [0.15, 0.2) is 17.1 Å². The van der Waals surface area contributed by atoms with Gasteiger partial charge in [-0.3, -0.25) is 4.99 Å². The smallest absolute Gasteiger partial charge is 0.190 e. The normalized spacial score (nSPS) is 16.5. The first kappa shape index (κ1) is 18.4. The fourth-order valence-corrected chi connectivity index (χ4v) is 2.71. The van der Waals surface area contributed by atoms with Crippen molar-refractivity contribution in [3.63, 3.8) is 0 Å². The zero-order chi connectivity index (χ0) is 15.4. The van der Waals surface area contributed by atoms with E-state index in [0.29, 0.717) is 24.0 Å². The van der Waals surface area contributed by atoms with Gasteiger partial charge in [0.15, 0.2) is 17.5 Å². The maximum absolute atomic E-state index is 6.25. The SMILES string of the molecule is CN=C(NCCc1cc(Cl)c2c(c1)OCCO2)NCC1CC1.I. The number of aliphatic imine (C=N–C) groups is 1. The Kier molecular flexibility index (Phi) is 7.08. The molecule has 23 heavy (non-hydrogen) atoms. The summed E-state index contributed by atoms with van der Waals surface area (Å²) in [5, 5.41) is 7.29. The topological polar surface area (TPSA) is 54.9 Å². The van der Waals surface area contributed by atoms with Crippen LogP contribution in [0.3, 0.4) is 0 Å². The van der Waals surface area contributed by atoms with E-state index < -0.39 is 0 Å². The Morgan fingerprint density at radius 1 is 1.26 bits per heavy atom. The van der Waals surface area contributed by atoms with Crippen LogP contribution in [0.1, 0.15) is 18.4 Å². The van der Waals surface area contributed by atoms with E-state index in [2.05, 4.69) is 15.6 Å². The number of guanidine groups is 1. The molecule has 0 atom stereocenters. The molecular weight excluding hydrogens is 429 g/mol. The van der Waals surface area contributed by atoms with E-state index >= 15 is 0 Å². The molecule has 2 N–H and O–H groups in total. The van der Waals surface area contributed by atoms with Gasteiger partial charge in [-0.2, -0.15) is 0 Å². The quantitative estimate of drug-likeness (QED) is 0.411. The van der Waals surface area contributed by atoms with Gasteiger partial charge in [-0.05, 0) is 42.9 Å². The van der Waals surface area contributed by atoms with Crippen LogP contribution in [0.2, 0.25) is 5.02 Å². The molecule has 0 saturated heterocycles. The lowest BCUT2D eigenvalue weighted by molar-refractivity contribution is 0.171. The fourth-order valence-electron chi connectivity index (χ4n) is 2.42. The van der Waals surface area contributed by atoms with Gasteiger partial charge in [0, 0.05) is 20.1 Å². The number of halogens is 2. The number of fused-ring (bicyclic) bond motifs is 1. The lowest BCUT2D eigenvalue weighted by atomic mass is 10.1. The lowest BCUT2D eigenvalue weighted by Crippen LogP contribution is -2.39. The molecule has 1 aromatic carbocycles. The van der Waals surface area contributed by atoms with Crippen LogP contribution < -0.4 is 20.1 Å². The molecule has 1 aliphatic carbocycles. The minimum atomic E-state index is 0. The first-order chi connectivity index (χ1) is 10.8. The Morgan fingerprint density at radius 3 is 2.78 bits per heavy atom. The van der Waals surface area contributed by atoms with E-state index in [-0.39, 0.29) is 24.0 Å². The Morgan fingerprint density at radius 2 is 2.04 bits per heavy atom. The van der Waals surface area contributed by atoms with Gasteiger partial charge in [-0.25, -0.2) is 0 Å². The van der Waals surface area contributed by atoms with Crippen molar-refractivity contribution < 1.29 is 9.47 Å². The first-order valence-corrected chi connectivity index (χ1v) is 8.16. The second-order valence-corrected chi connectivity index (χ2v) is 6.08. The number of benzene rings is 1. The van der Waals surface area contributed by atoms with E-state index in [0.717, 1.165) is 42.7 Å². The zero-order valence-electron chi connectivity index (χ0n) is 13.2. The second-order valence-electron chi connectivity index (χ2n) is 5.68. The molecule has 0 amide bonds. The Balaban J connectivity index is 0.00000192. The molecule has 128 valence electrons. The maximum atomic E-state index is 6.25. The summed E-state index contributed by atoms with van der Waals surface area (Å²) in [6, 6.07) is 3.94. The fraction of sp³-hybridized carbons (Fsp3) is 0.562. The summed E-state index contributed by atoms with van der Waals surface area (Å²) in [5.41, 5.74) is 1.12. The lowest BCUT2D eigenvalue weighted by Gasteiger charge is -2.20. The van der Waals surface area contributed by atoms with Crippen LogP contribution in [0.4, 0.5) is 0 Å². The van der Waals surface area contributed by atoms with Gasteiger partial charge >= 0.3 is 0 Å². The standard InChI is InChI=1S/C16H22ClN3O2.HI/c1-18-16(20-10-11-2-3-11)19-5-4-12-8-13(17)15-14(9-12)21-6-7-22-15;/h8-9,11H,2-7,10H2,1H3,(H2,18,19,20);1H. The molecule has 1 fully saturated rings. The number of nitrogens with zero attached hydrogens (tertiary/aromatic N) is 1. The molecule has 1 aliphatic heterocycles. The molecule has 0 unspecified atom stereocenters. The monoisotopic (exact) mass is 451 g/mol. The van der Waals surface area contributed by atoms with Crippen LogP contribution >= 0.6 is 35.6 Å². The molecule has 2 aliphatic rings. The number of hydrogen-bond acceptors (Lipinski definition) is 3. The summed E-state index contributed by atoms with van der Waals surface area (Å²) in [6.07, 6.45) is 3.51. The molecule has 0 bridgehead atoms. The van der Waals surface area contributed by atoms with Crippen LogP contribution in [0, 0.1) is 5.92 Å². The summed E-state index contributed by atoms with van der Waals surface area (Å²) in [4.78, 5) is 4.23. The molecule has 3 rings (SSSR count). The highest BCUT2D eigenvalue weighted by Crippen LogP contribution is 2.38. The van der Waals surface area contributed by atoms with Crippen molar-refractivity contribution >= 4 is 41.5 Å². The molecule has 1 heterocycles. The van der Waals surface area contributed by atoms with Gasteiger partial charge in [-0.1, -0.05) is 11.6 Å². The maximum Gasteiger partial charge on any atom is 0.190 e. The van der Waals surface area contributed by atoms with Crippen LogP contribution in [0.5, 0.6) is 11.5 Å². The third-order valence-corrected chi connectivity index (χ3v) is 4.12. The van der Waals surface area contributed by atoms with Crippen LogP contribution in [-0.2, 0) is 6.42 Å². The summed E-state index contributed by atoms with van der Waals surface area (Å²) in [7, 11) is 1.79. The molecular formula is C16H23ClIN3O2. The minimum Gasteiger partial charge on any atom is -0.486 e. The van der Waals surface area contributed by atoms with Gasteiger partial charge in [0.25, 0.3) is 0 Å². The van der Waals surface area contributed by atoms with Crippen molar-refractivity contribution in [2.75, 3.05) is 33.4 Å². The number of ether oxygens (including phenoxy) is 2. The van der Waals surface area contributed by atoms with Crippen molar-refractivity contribution in [1.29, 1.82) is 0 Å². The minimum absolute atomic E-state index is 0. The number of rotatable bonds is 5. The highest BCUT2D eigenvalue weighted by atomic mass is 127. The zero-order valence-corrected chi connectivity index (χ0v) is 16.3. The molecule has 1 aromatic rings. The van der Waals surface area contributed by atoms with E-state index in [1.807, 2.05) is 12.1 Å². The van der Waals surface area contributed by atoms with Crippen LogP contribution in [-0.4, -0.2) is 39.3 Å². The highest BCUT2D eigenvalue weighted by molar-refractivity contribution is 14.0. The average molecular weight is 452 g/mol. The molecule has 1 saturated carbocycles. The highest BCUT2D eigenvalue weighted by Gasteiger charge is 2.21. The predicted octanol–water partition coefficient (Wildman–Crippen LogP) is 2.85.